The van der Waals surface area contributed by atoms with Crippen molar-refractivity contribution in [1.29, 1.82) is 0 Å². The van der Waals surface area contributed by atoms with Gasteiger partial charge in [-0.1, -0.05) is 24.3 Å². The SMILES string of the molecule is C[C@@H](C[S@](C)=O)N(C)C(=O)c1nc(-c2cccs2)n(-c2ccccc2)n1. The van der Waals surface area contributed by atoms with Crippen LogP contribution >= 0.6 is 11.3 Å². The molecule has 0 aliphatic carbocycles. The minimum Gasteiger partial charge on any atom is -0.335 e. The third-order valence-corrected chi connectivity index (χ3v) is 5.82. The number of nitrogens with zero attached hydrogens (tertiary/aromatic N) is 4. The van der Waals surface area contributed by atoms with Gasteiger partial charge < -0.3 is 4.90 Å². The van der Waals surface area contributed by atoms with Crippen LogP contribution in [0.25, 0.3) is 16.4 Å². The van der Waals surface area contributed by atoms with Gasteiger partial charge in [0.25, 0.3) is 5.91 Å². The Morgan fingerprint density at radius 3 is 2.62 bits per heavy atom. The van der Waals surface area contributed by atoms with Gasteiger partial charge in [-0.05, 0) is 30.5 Å². The number of amides is 1. The van der Waals surface area contributed by atoms with Gasteiger partial charge in [0.15, 0.2) is 5.82 Å². The van der Waals surface area contributed by atoms with Crippen molar-refractivity contribution in [3.8, 4) is 16.4 Å². The van der Waals surface area contributed by atoms with Crippen molar-refractivity contribution >= 4 is 28.0 Å². The summed E-state index contributed by atoms with van der Waals surface area (Å²) in [6.07, 6.45) is 1.63. The molecule has 0 radical (unpaired) electrons. The Hall–Kier alpha value is -2.32. The van der Waals surface area contributed by atoms with Crippen LogP contribution in [0.15, 0.2) is 47.8 Å². The first-order valence-corrected chi connectivity index (χ1v) is 10.7. The lowest BCUT2D eigenvalue weighted by atomic mass is 10.3. The summed E-state index contributed by atoms with van der Waals surface area (Å²) in [7, 11) is 0.708. The molecule has 0 aliphatic heterocycles. The monoisotopic (exact) mass is 388 g/mol. The van der Waals surface area contributed by atoms with Crippen molar-refractivity contribution in [2.75, 3.05) is 19.1 Å². The van der Waals surface area contributed by atoms with E-state index in [2.05, 4.69) is 10.1 Å². The number of rotatable bonds is 6. The first-order valence-electron chi connectivity index (χ1n) is 8.11. The maximum absolute atomic E-state index is 12.8. The largest absolute Gasteiger partial charge is 0.335 e. The minimum atomic E-state index is -0.981. The summed E-state index contributed by atoms with van der Waals surface area (Å²) in [5.41, 5.74) is 0.841. The number of hydrogen-bond acceptors (Lipinski definition) is 5. The number of para-hydroxylation sites is 1. The summed E-state index contributed by atoms with van der Waals surface area (Å²) in [5.74, 6) is 0.901. The average Bonchev–Trinajstić information content (AvgIpc) is 3.30. The van der Waals surface area contributed by atoms with Crippen molar-refractivity contribution in [2.45, 2.75) is 13.0 Å². The van der Waals surface area contributed by atoms with E-state index in [1.54, 1.807) is 34.2 Å². The number of benzene rings is 1. The van der Waals surface area contributed by atoms with Crippen molar-refractivity contribution in [3.05, 3.63) is 53.7 Å². The Balaban J connectivity index is 1.99. The van der Waals surface area contributed by atoms with Gasteiger partial charge in [0.05, 0.1) is 10.6 Å². The van der Waals surface area contributed by atoms with Gasteiger partial charge in [0, 0.05) is 35.9 Å². The van der Waals surface area contributed by atoms with Gasteiger partial charge >= 0.3 is 0 Å². The van der Waals surface area contributed by atoms with Gasteiger partial charge in [0.1, 0.15) is 0 Å². The molecule has 0 saturated heterocycles. The molecule has 136 valence electrons. The van der Waals surface area contributed by atoms with E-state index >= 15 is 0 Å². The van der Waals surface area contributed by atoms with Crippen LogP contribution in [0.3, 0.4) is 0 Å². The second-order valence-corrected chi connectivity index (χ2v) is 8.42. The zero-order valence-corrected chi connectivity index (χ0v) is 16.5. The van der Waals surface area contributed by atoms with Crippen molar-refractivity contribution in [2.24, 2.45) is 0 Å². The summed E-state index contributed by atoms with van der Waals surface area (Å²) in [5, 5.41) is 6.43. The van der Waals surface area contributed by atoms with Crippen LogP contribution in [0.5, 0.6) is 0 Å². The van der Waals surface area contributed by atoms with E-state index in [-0.39, 0.29) is 17.8 Å². The molecule has 2 heterocycles. The molecular formula is C18H20N4O2S2. The van der Waals surface area contributed by atoms with E-state index in [0.29, 0.717) is 11.6 Å². The second kappa shape index (κ2) is 7.92. The van der Waals surface area contributed by atoms with Crippen LogP contribution in [0.1, 0.15) is 17.5 Å². The number of thiophene rings is 1. The van der Waals surface area contributed by atoms with Gasteiger partial charge in [-0.25, -0.2) is 9.67 Å². The Bertz CT molecular complexity index is 907. The minimum absolute atomic E-state index is 0.133. The molecule has 1 amide bonds. The first kappa shape index (κ1) is 18.5. The van der Waals surface area contributed by atoms with E-state index in [9.17, 15) is 9.00 Å². The maximum Gasteiger partial charge on any atom is 0.293 e. The summed E-state index contributed by atoms with van der Waals surface area (Å²) >= 11 is 1.54. The van der Waals surface area contributed by atoms with Crippen LogP contribution in [0.4, 0.5) is 0 Å². The summed E-state index contributed by atoms with van der Waals surface area (Å²) in [6.45, 7) is 1.87. The summed E-state index contributed by atoms with van der Waals surface area (Å²) < 4.78 is 13.1. The Kier molecular flexibility index (Phi) is 5.63. The highest BCUT2D eigenvalue weighted by Crippen LogP contribution is 2.25. The van der Waals surface area contributed by atoms with Crippen molar-refractivity contribution in [3.63, 3.8) is 0 Å². The van der Waals surface area contributed by atoms with E-state index in [4.69, 9.17) is 0 Å². The maximum atomic E-state index is 12.8. The molecule has 0 saturated carbocycles. The molecule has 0 unspecified atom stereocenters. The quantitative estimate of drug-likeness (QED) is 0.651. The Labute approximate surface area is 158 Å². The fraction of sp³-hybridized carbons (Fsp3) is 0.278. The van der Waals surface area contributed by atoms with Crippen LogP contribution < -0.4 is 0 Å². The smallest absolute Gasteiger partial charge is 0.293 e. The molecule has 1 aromatic carbocycles. The molecule has 3 aromatic rings. The van der Waals surface area contributed by atoms with Crippen molar-refractivity contribution < 1.29 is 9.00 Å². The number of carbonyl (C=O) groups excluding carboxylic acids is 1. The molecule has 0 N–H and O–H groups in total. The van der Waals surface area contributed by atoms with Crippen LogP contribution in [-0.2, 0) is 10.8 Å². The van der Waals surface area contributed by atoms with Crippen LogP contribution in [0.2, 0.25) is 0 Å². The van der Waals surface area contributed by atoms with E-state index < -0.39 is 10.8 Å². The number of aromatic nitrogens is 3. The highest BCUT2D eigenvalue weighted by molar-refractivity contribution is 7.84. The van der Waals surface area contributed by atoms with Gasteiger partial charge in [-0.3, -0.25) is 9.00 Å². The molecule has 0 spiro atoms. The number of hydrogen-bond donors (Lipinski definition) is 0. The highest BCUT2D eigenvalue weighted by Gasteiger charge is 2.25. The fourth-order valence-electron chi connectivity index (χ4n) is 2.53. The molecule has 0 fully saturated rings. The molecule has 26 heavy (non-hydrogen) atoms. The first-order chi connectivity index (χ1) is 12.5. The van der Waals surface area contributed by atoms with Crippen LogP contribution in [-0.4, -0.2) is 54.9 Å². The topological polar surface area (TPSA) is 68.1 Å². The van der Waals surface area contributed by atoms with E-state index in [0.717, 1.165) is 10.6 Å². The molecular weight excluding hydrogens is 368 g/mol. The summed E-state index contributed by atoms with van der Waals surface area (Å²) in [4.78, 5) is 19.8. The molecule has 2 atom stereocenters. The second-order valence-electron chi connectivity index (χ2n) is 5.99. The predicted octanol–water partition coefficient (Wildman–Crippen LogP) is 2.83. The lowest BCUT2D eigenvalue weighted by molar-refractivity contribution is 0.0745. The zero-order valence-electron chi connectivity index (χ0n) is 14.8. The molecule has 0 aliphatic rings. The van der Waals surface area contributed by atoms with Crippen molar-refractivity contribution in [1.82, 2.24) is 19.7 Å². The Morgan fingerprint density at radius 2 is 2.00 bits per heavy atom. The molecule has 0 bridgehead atoms. The van der Waals surface area contributed by atoms with E-state index in [1.807, 2.05) is 54.8 Å². The standard InChI is InChI=1S/C18H20N4O2S2/c1-13(12-26(3)24)21(2)18(23)16-19-17(15-10-7-11-25-15)22(20-16)14-8-5-4-6-9-14/h4-11,13H,12H2,1-3H3/t13-,26-/m0/s1. The average molecular weight is 389 g/mol. The zero-order chi connectivity index (χ0) is 18.7. The summed E-state index contributed by atoms with van der Waals surface area (Å²) in [6, 6.07) is 13.3. The normalized spacial score (nSPS) is 13.3. The Morgan fingerprint density at radius 1 is 1.27 bits per heavy atom. The molecule has 2 aromatic heterocycles. The molecule has 8 heteroatoms. The highest BCUT2D eigenvalue weighted by atomic mass is 32.2. The number of carbonyl (C=O) groups is 1. The molecule has 6 nitrogen and oxygen atoms in total. The lowest BCUT2D eigenvalue weighted by Crippen LogP contribution is -2.38. The van der Waals surface area contributed by atoms with Gasteiger partial charge in [-0.15, -0.1) is 16.4 Å². The predicted molar refractivity (Wildman–Crippen MR) is 105 cm³/mol. The lowest BCUT2D eigenvalue weighted by Gasteiger charge is -2.22. The van der Waals surface area contributed by atoms with Gasteiger partial charge in [-0.2, -0.15) is 0 Å². The third kappa shape index (κ3) is 3.91. The van der Waals surface area contributed by atoms with E-state index in [1.165, 1.54) is 0 Å². The van der Waals surface area contributed by atoms with Crippen LogP contribution in [0, 0.1) is 0 Å². The van der Waals surface area contributed by atoms with Gasteiger partial charge in [0.2, 0.25) is 5.82 Å². The molecule has 3 rings (SSSR count). The fourth-order valence-corrected chi connectivity index (χ4v) is 4.13. The third-order valence-electron chi connectivity index (χ3n) is 4.00.